The number of hydrogen-bond acceptors (Lipinski definition) is 8. The maximum absolute atomic E-state index is 14.2. The number of esters is 1. The summed E-state index contributed by atoms with van der Waals surface area (Å²) in [5.41, 5.74) is 0.655. The molecule has 0 aliphatic carbocycles. The Balaban J connectivity index is 1.64. The Hall–Kier alpha value is -4.46. The summed E-state index contributed by atoms with van der Waals surface area (Å²) in [4.78, 5) is 98.9. The Morgan fingerprint density at radius 3 is 2.38 bits per heavy atom. The van der Waals surface area contributed by atoms with Crippen LogP contribution in [0.2, 0.25) is 5.02 Å². The Kier molecular flexibility index (Phi) is 14.6. The van der Waals surface area contributed by atoms with Crippen LogP contribution in [0.25, 0.3) is 0 Å². The number of rotatable bonds is 10. The zero-order valence-electron chi connectivity index (χ0n) is 30.4. The number of nitrogens with zero attached hydrogens (tertiary/aromatic N) is 3. The molecule has 3 heterocycles. The average molecular weight is 743 g/mol. The monoisotopic (exact) mass is 742 g/mol. The van der Waals surface area contributed by atoms with Crippen LogP contribution in [-0.4, -0.2) is 119 Å². The fourth-order valence-corrected chi connectivity index (χ4v) is 6.96. The van der Waals surface area contributed by atoms with Gasteiger partial charge in [0.1, 0.15) is 42.9 Å². The van der Waals surface area contributed by atoms with Gasteiger partial charge >= 0.3 is 5.97 Å². The fourth-order valence-electron chi connectivity index (χ4n) is 6.75. The molecule has 3 fully saturated rings. The van der Waals surface area contributed by atoms with Crippen molar-refractivity contribution in [1.82, 2.24) is 30.7 Å². The number of amides is 6. The van der Waals surface area contributed by atoms with Gasteiger partial charge in [0.15, 0.2) is 0 Å². The number of likely N-dealkylation sites (N-methyl/N-ethyl adjacent to an activating group) is 1. The molecule has 14 nitrogen and oxygen atoms in total. The van der Waals surface area contributed by atoms with Gasteiger partial charge in [0.2, 0.25) is 35.4 Å². The van der Waals surface area contributed by atoms with Gasteiger partial charge in [-0.05, 0) is 76.1 Å². The van der Waals surface area contributed by atoms with E-state index in [2.05, 4.69) is 22.9 Å². The molecule has 0 unspecified atom stereocenters. The first-order valence-corrected chi connectivity index (χ1v) is 18.6. The van der Waals surface area contributed by atoms with E-state index in [1.54, 1.807) is 30.3 Å². The van der Waals surface area contributed by atoms with Gasteiger partial charge < -0.3 is 35.4 Å². The van der Waals surface area contributed by atoms with Crippen molar-refractivity contribution in [3.05, 3.63) is 47.0 Å². The summed E-state index contributed by atoms with van der Waals surface area (Å²) >= 11 is 6.21. The molecule has 0 bridgehead atoms. The smallest absolute Gasteiger partial charge is 0.328 e. The quantitative estimate of drug-likeness (QED) is 0.185. The molecule has 0 spiro atoms. The number of halogens is 1. The second-order valence-corrected chi connectivity index (χ2v) is 14.2. The van der Waals surface area contributed by atoms with Crippen LogP contribution in [0.4, 0.5) is 0 Å². The van der Waals surface area contributed by atoms with Gasteiger partial charge in [-0.3, -0.25) is 28.8 Å². The third-order valence-electron chi connectivity index (χ3n) is 9.88. The van der Waals surface area contributed by atoms with E-state index in [1.165, 1.54) is 41.7 Å². The number of ether oxygens (including phenoxy) is 1. The molecule has 1 aromatic carbocycles. The number of hydrogen-bond donors (Lipinski definition) is 3. The van der Waals surface area contributed by atoms with Gasteiger partial charge in [0.05, 0.1) is 0 Å². The van der Waals surface area contributed by atoms with Crippen molar-refractivity contribution in [2.24, 2.45) is 0 Å². The van der Waals surface area contributed by atoms with Crippen LogP contribution in [0.5, 0.6) is 0 Å². The number of unbranched alkanes of at least 4 members (excludes halogenated alkanes) is 3. The van der Waals surface area contributed by atoms with E-state index in [9.17, 15) is 33.6 Å². The first-order valence-electron chi connectivity index (χ1n) is 18.2. The molecule has 15 heteroatoms. The minimum absolute atomic E-state index is 0.0371. The SMILES string of the molecule is CCCCCC=CC(=O)N[C@@H](Cc1cccc(Cl)c1)C(=O)N[C@H]1COC(=O)[C@@H]2CCCN2C(=O)[C@H](C)NC(=O)[C@H](C)N(C)C(=O)[C@@H]2CCCN2C1=O. The maximum atomic E-state index is 14.2. The second kappa shape index (κ2) is 18.9. The van der Waals surface area contributed by atoms with Gasteiger partial charge in [0.25, 0.3) is 0 Å². The number of benzene rings is 1. The van der Waals surface area contributed by atoms with Crippen molar-refractivity contribution in [3.8, 4) is 0 Å². The number of cyclic esters (lactones) is 1. The van der Waals surface area contributed by atoms with Gasteiger partial charge in [-0.15, -0.1) is 0 Å². The zero-order valence-corrected chi connectivity index (χ0v) is 31.2. The summed E-state index contributed by atoms with van der Waals surface area (Å²) < 4.78 is 5.65. The minimum atomic E-state index is -1.43. The fraction of sp³-hybridized carbons (Fsp3) is 0.595. The molecule has 3 N–H and O–H groups in total. The lowest BCUT2D eigenvalue weighted by atomic mass is 10.0. The summed E-state index contributed by atoms with van der Waals surface area (Å²) in [6, 6.07) is 0.393. The lowest BCUT2D eigenvalue weighted by Gasteiger charge is -2.34. The number of allylic oxidation sites excluding steroid dienone is 1. The van der Waals surface area contributed by atoms with E-state index < -0.39 is 84.3 Å². The minimum Gasteiger partial charge on any atom is -0.461 e. The number of carbonyl (C=O) groups is 7. The van der Waals surface area contributed by atoms with E-state index in [-0.39, 0.29) is 19.5 Å². The van der Waals surface area contributed by atoms with Crippen LogP contribution in [0.1, 0.15) is 77.7 Å². The molecule has 6 atom stereocenters. The molecule has 0 saturated carbocycles. The molecule has 284 valence electrons. The van der Waals surface area contributed by atoms with Crippen LogP contribution in [0, 0.1) is 0 Å². The van der Waals surface area contributed by atoms with Crippen molar-refractivity contribution < 1.29 is 38.3 Å². The van der Waals surface area contributed by atoms with E-state index in [4.69, 9.17) is 16.3 Å². The molecule has 4 rings (SSSR count). The molecular weight excluding hydrogens is 692 g/mol. The van der Waals surface area contributed by atoms with E-state index in [1.807, 2.05) is 0 Å². The summed E-state index contributed by atoms with van der Waals surface area (Å²) in [6.07, 6.45) is 8.47. The van der Waals surface area contributed by atoms with E-state index >= 15 is 0 Å². The maximum Gasteiger partial charge on any atom is 0.328 e. The molecule has 1 aromatic rings. The van der Waals surface area contributed by atoms with Gasteiger partial charge in [-0.2, -0.15) is 0 Å². The number of carbonyl (C=O) groups excluding carboxylic acids is 7. The highest BCUT2D eigenvalue weighted by atomic mass is 35.5. The summed E-state index contributed by atoms with van der Waals surface area (Å²) in [5, 5.41) is 8.53. The van der Waals surface area contributed by atoms with Crippen LogP contribution in [0.3, 0.4) is 0 Å². The van der Waals surface area contributed by atoms with Crippen LogP contribution >= 0.6 is 11.6 Å². The second-order valence-electron chi connectivity index (χ2n) is 13.7. The number of fused-ring (bicyclic) bond motifs is 2. The van der Waals surface area contributed by atoms with Gasteiger partial charge in [0, 0.05) is 31.6 Å². The first kappa shape index (κ1) is 40.3. The third-order valence-corrected chi connectivity index (χ3v) is 10.1. The Bertz CT molecular complexity index is 1540. The van der Waals surface area contributed by atoms with Crippen LogP contribution in [-0.2, 0) is 44.7 Å². The molecule has 0 aromatic heterocycles. The van der Waals surface area contributed by atoms with E-state index in [0.717, 1.165) is 19.3 Å². The lowest BCUT2D eigenvalue weighted by molar-refractivity contribution is -0.158. The molecule has 3 aliphatic heterocycles. The van der Waals surface area contributed by atoms with Gasteiger partial charge in [-0.25, -0.2) is 4.79 Å². The van der Waals surface area contributed by atoms with Crippen molar-refractivity contribution in [2.45, 2.75) is 115 Å². The van der Waals surface area contributed by atoms with Crippen molar-refractivity contribution >= 4 is 53.0 Å². The van der Waals surface area contributed by atoms with Crippen LogP contribution < -0.4 is 16.0 Å². The molecule has 3 aliphatic rings. The van der Waals surface area contributed by atoms with Crippen molar-refractivity contribution in [2.75, 3.05) is 26.7 Å². The van der Waals surface area contributed by atoms with Crippen molar-refractivity contribution in [1.29, 1.82) is 0 Å². The molecular formula is C37H51ClN6O8. The third kappa shape index (κ3) is 10.3. The normalized spacial score (nSPS) is 25.4. The van der Waals surface area contributed by atoms with Crippen molar-refractivity contribution in [3.63, 3.8) is 0 Å². The predicted octanol–water partition coefficient (Wildman–Crippen LogP) is 1.88. The average Bonchev–Trinajstić information content (AvgIpc) is 3.82. The molecule has 6 amide bonds. The van der Waals surface area contributed by atoms with Crippen LogP contribution in [0.15, 0.2) is 36.4 Å². The zero-order chi connectivity index (χ0) is 37.9. The topological polar surface area (TPSA) is 175 Å². The standard InChI is InChI=1S/C37H51ClN6O8/c1-5-6-7-8-9-17-31(45)40-27(21-25-13-10-14-26(38)20-25)33(47)41-28-22-52-37(51)30-16-12-19-44(30)34(48)23(2)39-32(46)24(3)42(4)36(50)29-15-11-18-43(29)35(28)49/h9-10,13-14,17,20,23-24,27-30H,5-8,11-12,15-16,18-19,21-22H2,1-4H3,(H,39,46)(H,40,45)(H,41,47)/t23-,24-,27-,28-,29-,30-/m0/s1. The summed E-state index contributed by atoms with van der Waals surface area (Å²) in [7, 11) is 1.46. The molecule has 52 heavy (non-hydrogen) atoms. The first-order chi connectivity index (χ1) is 24.8. The Morgan fingerprint density at radius 1 is 1.00 bits per heavy atom. The largest absolute Gasteiger partial charge is 0.461 e. The van der Waals surface area contributed by atoms with Gasteiger partial charge in [-0.1, -0.05) is 49.6 Å². The highest BCUT2D eigenvalue weighted by Crippen LogP contribution is 2.23. The molecule has 3 saturated heterocycles. The lowest BCUT2D eigenvalue weighted by Crippen LogP contribution is -2.60. The summed E-state index contributed by atoms with van der Waals surface area (Å²) in [5.74, 6) is -4.17. The molecule has 0 radical (unpaired) electrons. The highest BCUT2D eigenvalue weighted by molar-refractivity contribution is 6.30. The summed E-state index contributed by atoms with van der Waals surface area (Å²) in [6.45, 7) is 5.01. The van der Waals surface area contributed by atoms with E-state index in [0.29, 0.717) is 42.7 Å². The Labute approximate surface area is 310 Å². The Morgan fingerprint density at radius 2 is 1.69 bits per heavy atom. The predicted molar refractivity (Wildman–Crippen MR) is 193 cm³/mol. The highest BCUT2D eigenvalue weighted by Gasteiger charge is 2.43. The number of nitrogens with one attached hydrogen (secondary N) is 3.